The molecule has 2 N–H and O–H groups in total. The molecule has 1 aromatic heterocycles. The van der Waals surface area contributed by atoms with Gasteiger partial charge in [0, 0.05) is 23.6 Å². The van der Waals surface area contributed by atoms with Gasteiger partial charge in [-0.2, -0.15) is 0 Å². The number of pyridine rings is 1. The maximum atomic E-state index is 5.90. The van der Waals surface area contributed by atoms with Crippen LogP contribution < -0.4 is 5.73 Å². The van der Waals surface area contributed by atoms with Crippen molar-refractivity contribution in [2.75, 3.05) is 5.73 Å². The van der Waals surface area contributed by atoms with Crippen LogP contribution >= 0.6 is 0 Å². The Labute approximate surface area is 89.8 Å². The van der Waals surface area contributed by atoms with Gasteiger partial charge >= 0.3 is 0 Å². The molecule has 0 unspecified atom stereocenters. The van der Waals surface area contributed by atoms with Crippen molar-refractivity contribution in [3.05, 3.63) is 48.3 Å². The largest absolute Gasteiger partial charge is 0.398 e. The zero-order valence-electron chi connectivity index (χ0n) is 8.77. The number of nitrogens with zero attached hydrogens (tertiary/aromatic N) is 1. The van der Waals surface area contributed by atoms with Crippen LogP contribution in [0, 0.1) is 0 Å². The highest BCUT2D eigenvalue weighted by atomic mass is 14.7. The molecule has 0 aliphatic rings. The summed E-state index contributed by atoms with van der Waals surface area (Å²) < 4.78 is 0. The van der Waals surface area contributed by atoms with Gasteiger partial charge in [0.1, 0.15) is 0 Å². The zero-order valence-corrected chi connectivity index (χ0v) is 8.77. The third-order valence-electron chi connectivity index (χ3n) is 2.50. The summed E-state index contributed by atoms with van der Waals surface area (Å²) in [6.45, 7) is 2.14. The maximum absolute atomic E-state index is 5.90. The van der Waals surface area contributed by atoms with Crippen LogP contribution in [0.15, 0.2) is 42.7 Å². The zero-order chi connectivity index (χ0) is 10.7. The number of aromatic nitrogens is 1. The summed E-state index contributed by atoms with van der Waals surface area (Å²) in [7, 11) is 0. The molecule has 2 heteroatoms. The van der Waals surface area contributed by atoms with E-state index in [1.54, 1.807) is 6.20 Å². The second kappa shape index (κ2) is 4.13. The number of hydrogen-bond acceptors (Lipinski definition) is 2. The fourth-order valence-corrected chi connectivity index (χ4v) is 1.61. The first-order chi connectivity index (χ1) is 7.31. The van der Waals surface area contributed by atoms with E-state index in [1.807, 2.05) is 12.3 Å². The van der Waals surface area contributed by atoms with Crippen molar-refractivity contribution in [1.82, 2.24) is 4.98 Å². The molecular formula is C13H14N2. The second-order valence-corrected chi connectivity index (χ2v) is 3.52. The highest BCUT2D eigenvalue weighted by molar-refractivity contribution is 5.75. The summed E-state index contributed by atoms with van der Waals surface area (Å²) in [6.07, 6.45) is 4.56. The van der Waals surface area contributed by atoms with Gasteiger partial charge in [0.05, 0.1) is 0 Å². The van der Waals surface area contributed by atoms with Gasteiger partial charge in [-0.05, 0) is 23.6 Å². The summed E-state index contributed by atoms with van der Waals surface area (Å²) in [6, 6.07) is 10.2. The molecule has 15 heavy (non-hydrogen) atoms. The summed E-state index contributed by atoms with van der Waals surface area (Å²) in [5, 5.41) is 0. The highest BCUT2D eigenvalue weighted by Crippen LogP contribution is 2.25. The number of anilines is 1. The molecule has 0 spiro atoms. The van der Waals surface area contributed by atoms with Gasteiger partial charge in [0.15, 0.2) is 0 Å². The summed E-state index contributed by atoms with van der Waals surface area (Å²) in [5.41, 5.74) is 10.1. The summed E-state index contributed by atoms with van der Waals surface area (Å²) >= 11 is 0. The monoisotopic (exact) mass is 198 g/mol. The van der Waals surface area contributed by atoms with E-state index in [4.69, 9.17) is 5.73 Å². The van der Waals surface area contributed by atoms with E-state index in [0.717, 1.165) is 23.2 Å². The van der Waals surface area contributed by atoms with E-state index in [9.17, 15) is 0 Å². The topological polar surface area (TPSA) is 38.9 Å². The van der Waals surface area contributed by atoms with Crippen molar-refractivity contribution >= 4 is 5.69 Å². The Kier molecular flexibility index (Phi) is 2.68. The molecule has 0 radical (unpaired) electrons. The van der Waals surface area contributed by atoms with Gasteiger partial charge in [0.25, 0.3) is 0 Å². The average molecular weight is 198 g/mol. The van der Waals surface area contributed by atoms with Gasteiger partial charge in [-0.25, -0.2) is 0 Å². The van der Waals surface area contributed by atoms with Crippen LogP contribution in [0.5, 0.6) is 0 Å². The lowest BCUT2D eigenvalue weighted by molar-refractivity contribution is 1.14. The van der Waals surface area contributed by atoms with Crippen LogP contribution in [0.1, 0.15) is 12.5 Å². The fraction of sp³-hybridized carbons (Fsp3) is 0.154. The number of aryl methyl sites for hydroxylation is 1. The molecule has 1 heterocycles. The van der Waals surface area contributed by atoms with Gasteiger partial charge in [0.2, 0.25) is 0 Å². The van der Waals surface area contributed by atoms with Crippen LogP contribution in [0.2, 0.25) is 0 Å². The Balaban J connectivity index is 2.49. The summed E-state index contributed by atoms with van der Waals surface area (Å²) in [5.74, 6) is 0. The van der Waals surface area contributed by atoms with Crippen molar-refractivity contribution in [2.24, 2.45) is 0 Å². The molecular weight excluding hydrogens is 184 g/mol. The molecule has 0 saturated carbocycles. The Morgan fingerprint density at radius 2 is 2.13 bits per heavy atom. The first-order valence-electron chi connectivity index (χ1n) is 5.10. The molecule has 76 valence electrons. The average Bonchev–Trinajstić information content (AvgIpc) is 2.30. The lowest BCUT2D eigenvalue weighted by Gasteiger charge is -2.06. The van der Waals surface area contributed by atoms with E-state index in [1.165, 1.54) is 5.56 Å². The third kappa shape index (κ3) is 1.99. The molecule has 2 aromatic rings. The molecule has 2 rings (SSSR count). The molecule has 0 bridgehead atoms. The summed E-state index contributed by atoms with van der Waals surface area (Å²) in [4.78, 5) is 4.10. The fourth-order valence-electron chi connectivity index (χ4n) is 1.61. The Bertz CT molecular complexity index is 464. The molecule has 1 aromatic carbocycles. The van der Waals surface area contributed by atoms with Gasteiger partial charge in [-0.1, -0.05) is 31.2 Å². The standard InChI is InChI=1S/C13H14N2/c1-2-10-4-3-5-11(8-10)12-9-15-7-6-13(12)14/h3-9H,2H2,1H3,(H2,14,15). The first-order valence-corrected chi connectivity index (χ1v) is 5.10. The van der Waals surface area contributed by atoms with Gasteiger partial charge < -0.3 is 5.73 Å². The van der Waals surface area contributed by atoms with E-state index >= 15 is 0 Å². The number of rotatable bonds is 2. The lowest BCUT2D eigenvalue weighted by atomic mass is 10.0. The smallest absolute Gasteiger partial charge is 0.0424 e. The quantitative estimate of drug-likeness (QED) is 0.805. The third-order valence-corrected chi connectivity index (χ3v) is 2.50. The van der Waals surface area contributed by atoms with Gasteiger partial charge in [-0.15, -0.1) is 0 Å². The van der Waals surface area contributed by atoms with E-state index < -0.39 is 0 Å². The van der Waals surface area contributed by atoms with E-state index in [-0.39, 0.29) is 0 Å². The molecule has 2 nitrogen and oxygen atoms in total. The Morgan fingerprint density at radius 3 is 2.87 bits per heavy atom. The highest BCUT2D eigenvalue weighted by Gasteiger charge is 2.02. The van der Waals surface area contributed by atoms with Crippen LogP contribution in [0.4, 0.5) is 5.69 Å². The molecule has 0 saturated heterocycles. The molecule has 0 amide bonds. The van der Waals surface area contributed by atoms with Crippen molar-refractivity contribution in [2.45, 2.75) is 13.3 Å². The molecule has 0 aliphatic heterocycles. The number of nitrogen functional groups attached to an aromatic ring is 1. The van der Waals surface area contributed by atoms with E-state index in [0.29, 0.717) is 0 Å². The van der Waals surface area contributed by atoms with Crippen molar-refractivity contribution in [1.29, 1.82) is 0 Å². The van der Waals surface area contributed by atoms with Crippen LogP contribution in [0.25, 0.3) is 11.1 Å². The van der Waals surface area contributed by atoms with Crippen molar-refractivity contribution in [3.63, 3.8) is 0 Å². The van der Waals surface area contributed by atoms with Crippen molar-refractivity contribution < 1.29 is 0 Å². The maximum Gasteiger partial charge on any atom is 0.0424 e. The number of nitrogens with two attached hydrogens (primary N) is 1. The molecule has 0 fully saturated rings. The van der Waals surface area contributed by atoms with Gasteiger partial charge in [-0.3, -0.25) is 4.98 Å². The van der Waals surface area contributed by atoms with Crippen LogP contribution in [0.3, 0.4) is 0 Å². The molecule has 0 aliphatic carbocycles. The normalized spacial score (nSPS) is 10.2. The minimum absolute atomic E-state index is 0.776. The predicted octanol–water partition coefficient (Wildman–Crippen LogP) is 2.89. The van der Waals surface area contributed by atoms with Crippen LogP contribution in [-0.4, -0.2) is 4.98 Å². The van der Waals surface area contributed by atoms with Crippen LogP contribution in [-0.2, 0) is 6.42 Å². The van der Waals surface area contributed by atoms with E-state index in [2.05, 4.69) is 36.2 Å². The minimum atomic E-state index is 0.776. The lowest BCUT2D eigenvalue weighted by Crippen LogP contribution is -1.91. The van der Waals surface area contributed by atoms with Crippen molar-refractivity contribution in [3.8, 4) is 11.1 Å². The predicted molar refractivity (Wildman–Crippen MR) is 63.5 cm³/mol. The Hall–Kier alpha value is -1.83. The Morgan fingerprint density at radius 1 is 1.27 bits per heavy atom. The minimum Gasteiger partial charge on any atom is -0.398 e. The number of benzene rings is 1. The SMILES string of the molecule is CCc1cccc(-c2cnccc2N)c1. The first kappa shape index (κ1) is 9.71. The molecule has 0 atom stereocenters. The second-order valence-electron chi connectivity index (χ2n) is 3.52. The number of hydrogen-bond donors (Lipinski definition) is 1.